The first-order chi connectivity index (χ1) is 17.5. The molecule has 3 aromatic rings. The third-order valence-corrected chi connectivity index (χ3v) is 8.55. The van der Waals surface area contributed by atoms with E-state index in [1.807, 2.05) is 30.3 Å². The third-order valence-electron chi connectivity index (χ3n) is 7.92. The average Bonchev–Trinajstić information content (AvgIpc) is 3.81. The number of anilines is 1. The van der Waals surface area contributed by atoms with Crippen molar-refractivity contribution in [2.24, 2.45) is 5.92 Å². The molecular weight excluding hydrogens is 495 g/mol. The van der Waals surface area contributed by atoms with Crippen molar-refractivity contribution in [3.8, 4) is 11.3 Å². The zero-order valence-corrected chi connectivity index (χ0v) is 21.4. The Labute approximate surface area is 220 Å². The molecule has 0 unspecified atom stereocenters. The number of allylic oxidation sites excluding steroid dienone is 1. The fourth-order valence-electron chi connectivity index (χ4n) is 5.34. The molecule has 36 heavy (non-hydrogen) atoms. The van der Waals surface area contributed by atoms with E-state index in [-0.39, 0.29) is 0 Å². The van der Waals surface area contributed by atoms with Gasteiger partial charge in [-0.3, -0.25) is 4.79 Å². The maximum atomic E-state index is 11.6. The summed E-state index contributed by atoms with van der Waals surface area (Å²) in [6.45, 7) is 1.92. The van der Waals surface area contributed by atoms with Crippen molar-refractivity contribution in [3.05, 3.63) is 75.5 Å². The van der Waals surface area contributed by atoms with Gasteiger partial charge in [0.2, 0.25) is 0 Å². The fraction of sp³-hybridized carbons (Fsp3) is 0.379. The van der Waals surface area contributed by atoms with Crippen molar-refractivity contribution in [1.82, 2.24) is 5.16 Å². The molecule has 1 aromatic heterocycles. The topological polar surface area (TPSA) is 66.6 Å². The summed E-state index contributed by atoms with van der Waals surface area (Å²) in [5.41, 5.74) is 3.88. The molecule has 0 bridgehead atoms. The predicted octanol–water partition coefficient (Wildman–Crippen LogP) is 7.57. The van der Waals surface area contributed by atoms with Gasteiger partial charge in [-0.1, -0.05) is 58.7 Å². The highest BCUT2D eigenvalue weighted by Crippen LogP contribution is 2.49. The van der Waals surface area contributed by atoms with Crippen LogP contribution in [0.2, 0.25) is 10.0 Å². The molecule has 0 atom stereocenters. The number of halogens is 2. The highest BCUT2D eigenvalue weighted by molar-refractivity contribution is 6.39. The Morgan fingerprint density at radius 1 is 1.03 bits per heavy atom. The lowest BCUT2D eigenvalue weighted by Gasteiger charge is -2.32. The van der Waals surface area contributed by atoms with E-state index in [1.165, 1.54) is 0 Å². The van der Waals surface area contributed by atoms with E-state index in [1.54, 1.807) is 0 Å². The zero-order chi connectivity index (χ0) is 24.9. The van der Waals surface area contributed by atoms with Crippen molar-refractivity contribution in [2.45, 2.75) is 49.9 Å². The van der Waals surface area contributed by atoms with Crippen LogP contribution in [0.3, 0.4) is 0 Å². The second-order valence-corrected chi connectivity index (χ2v) is 11.1. The summed E-state index contributed by atoms with van der Waals surface area (Å²) < 4.78 is 5.79. The van der Waals surface area contributed by atoms with Crippen LogP contribution in [-0.4, -0.2) is 29.3 Å². The number of carbonyl (C=O) groups is 1. The van der Waals surface area contributed by atoms with Gasteiger partial charge >= 0.3 is 5.97 Å². The summed E-state index contributed by atoms with van der Waals surface area (Å²) in [5, 5.41) is 15.1. The van der Waals surface area contributed by atoms with E-state index >= 15 is 0 Å². The Bertz CT molecular complexity index is 1290. The molecule has 186 valence electrons. The molecule has 1 aliphatic heterocycles. The van der Waals surface area contributed by atoms with Crippen molar-refractivity contribution < 1.29 is 14.4 Å². The molecule has 2 aliphatic carbocycles. The van der Waals surface area contributed by atoms with Gasteiger partial charge in [-0.15, -0.1) is 0 Å². The molecule has 6 rings (SSSR count). The Balaban J connectivity index is 1.16. The number of rotatable bonds is 7. The van der Waals surface area contributed by atoms with Crippen LogP contribution in [-0.2, 0) is 10.2 Å². The van der Waals surface area contributed by atoms with Crippen LogP contribution in [0.4, 0.5) is 5.69 Å². The summed E-state index contributed by atoms with van der Waals surface area (Å²) in [6.07, 6.45) is 10.3. The Morgan fingerprint density at radius 2 is 1.69 bits per heavy atom. The summed E-state index contributed by atoms with van der Waals surface area (Å²) >= 11 is 13.0. The SMILES string of the molecule is O=C(O)C1(c2ccc(N3CCC(/C=C/c4c(-c5c(Cl)cccc5Cl)noc4C4CC4)CC3)cc2)CC1. The minimum atomic E-state index is -0.708. The number of piperidine rings is 1. The lowest BCUT2D eigenvalue weighted by atomic mass is 9.93. The molecule has 1 N–H and O–H groups in total. The molecular formula is C29H28Cl2N2O3. The summed E-state index contributed by atoms with van der Waals surface area (Å²) in [6, 6.07) is 13.6. The summed E-state index contributed by atoms with van der Waals surface area (Å²) in [5.74, 6) is 1.11. The van der Waals surface area contributed by atoms with E-state index in [0.29, 0.717) is 21.9 Å². The molecule has 0 amide bonds. The van der Waals surface area contributed by atoms with Gasteiger partial charge in [-0.25, -0.2) is 0 Å². The molecule has 2 heterocycles. The van der Waals surface area contributed by atoms with Crippen molar-refractivity contribution in [2.75, 3.05) is 18.0 Å². The van der Waals surface area contributed by atoms with Crippen molar-refractivity contribution >= 4 is 40.9 Å². The first kappa shape index (κ1) is 23.6. The van der Waals surface area contributed by atoms with E-state index < -0.39 is 11.4 Å². The lowest BCUT2D eigenvalue weighted by Crippen LogP contribution is -2.33. The molecule has 2 saturated carbocycles. The maximum absolute atomic E-state index is 11.6. The lowest BCUT2D eigenvalue weighted by molar-refractivity contribution is -0.140. The molecule has 7 heteroatoms. The number of aromatic nitrogens is 1. The monoisotopic (exact) mass is 522 g/mol. The van der Waals surface area contributed by atoms with Gasteiger partial charge in [0.05, 0.1) is 15.5 Å². The van der Waals surface area contributed by atoms with Crippen LogP contribution in [0.1, 0.15) is 61.3 Å². The molecule has 0 radical (unpaired) electrons. The number of aliphatic carboxylic acids is 1. The van der Waals surface area contributed by atoms with Crippen LogP contribution in [0.5, 0.6) is 0 Å². The second-order valence-electron chi connectivity index (χ2n) is 10.3. The van der Waals surface area contributed by atoms with Crippen LogP contribution in [0, 0.1) is 5.92 Å². The predicted molar refractivity (Wildman–Crippen MR) is 143 cm³/mol. The number of hydrogen-bond acceptors (Lipinski definition) is 4. The Morgan fingerprint density at radius 3 is 2.28 bits per heavy atom. The second kappa shape index (κ2) is 9.28. The minimum Gasteiger partial charge on any atom is -0.481 e. The first-order valence-corrected chi connectivity index (χ1v) is 13.4. The highest BCUT2D eigenvalue weighted by atomic mass is 35.5. The molecule has 2 aromatic carbocycles. The summed E-state index contributed by atoms with van der Waals surface area (Å²) in [7, 11) is 0. The van der Waals surface area contributed by atoms with E-state index in [4.69, 9.17) is 27.7 Å². The fourth-order valence-corrected chi connectivity index (χ4v) is 5.92. The maximum Gasteiger partial charge on any atom is 0.314 e. The number of hydrogen-bond donors (Lipinski definition) is 1. The number of benzene rings is 2. The van der Waals surface area contributed by atoms with Gasteiger partial charge in [-0.2, -0.15) is 0 Å². The summed E-state index contributed by atoms with van der Waals surface area (Å²) in [4.78, 5) is 14.0. The van der Waals surface area contributed by atoms with Gasteiger partial charge in [-0.05, 0) is 74.3 Å². The number of carboxylic acids is 1. The minimum absolute atomic E-state index is 0.424. The zero-order valence-electron chi connectivity index (χ0n) is 19.9. The van der Waals surface area contributed by atoms with E-state index in [0.717, 1.165) is 85.4 Å². The van der Waals surface area contributed by atoms with E-state index in [9.17, 15) is 9.90 Å². The smallest absolute Gasteiger partial charge is 0.314 e. The van der Waals surface area contributed by atoms with Crippen LogP contribution in [0.15, 0.2) is 53.1 Å². The van der Waals surface area contributed by atoms with E-state index in [2.05, 4.69) is 34.3 Å². The standard InChI is InChI=1S/C29H28Cl2N2O3/c30-23-2-1-3-24(31)25(23)26-22(27(36-32-26)19-5-6-19)11-4-18-12-16-33(17-13-18)21-9-7-20(8-10-21)29(14-15-29)28(34)35/h1-4,7-11,18-19H,5-6,12-17H2,(H,34,35)/b11-4+. The quantitative estimate of drug-likeness (QED) is 0.346. The number of carboxylic acid groups (broad SMARTS) is 1. The molecule has 5 nitrogen and oxygen atoms in total. The van der Waals surface area contributed by atoms with Gasteiger partial charge < -0.3 is 14.5 Å². The molecule has 1 saturated heterocycles. The van der Waals surface area contributed by atoms with Gasteiger partial charge in [0.15, 0.2) is 0 Å². The Hall–Kier alpha value is -2.76. The molecule has 3 aliphatic rings. The van der Waals surface area contributed by atoms with Crippen LogP contribution >= 0.6 is 23.2 Å². The normalized spacial score (nSPS) is 19.7. The third kappa shape index (κ3) is 4.33. The Kier molecular flexibility index (Phi) is 6.09. The van der Waals surface area contributed by atoms with Crippen LogP contribution in [0.25, 0.3) is 17.3 Å². The van der Waals surface area contributed by atoms with Gasteiger partial charge in [0.1, 0.15) is 11.5 Å². The molecule has 3 fully saturated rings. The van der Waals surface area contributed by atoms with Crippen LogP contribution < -0.4 is 4.90 Å². The highest BCUT2D eigenvalue weighted by Gasteiger charge is 2.51. The van der Waals surface area contributed by atoms with Crippen molar-refractivity contribution in [3.63, 3.8) is 0 Å². The average molecular weight is 523 g/mol. The van der Waals surface area contributed by atoms with Crippen molar-refractivity contribution in [1.29, 1.82) is 0 Å². The number of nitrogens with zero attached hydrogens (tertiary/aromatic N) is 2. The van der Waals surface area contributed by atoms with Gasteiger partial charge in [0.25, 0.3) is 0 Å². The molecule has 0 spiro atoms. The first-order valence-electron chi connectivity index (χ1n) is 12.7. The van der Waals surface area contributed by atoms with Gasteiger partial charge in [0, 0.05) is 35.8 Å². The largest absolute Gasteiger partial charge is 0.481 e.